The lowest BCUT2D eigenvalue weighted by Crippen LogP contribution is -2.23. The van der Waals surface area contributed by atoms with E-state index in [1.807, 2.05) is 24.3 Å². The maximum absolute atomic E-state index is 5.96. The molecule has 3 N–H and O–H groups in total. The molecule has 0 aliphatic rings. The van der Waals surface area contributed by atoms with Gasteiger partial charge in [0.15, 0.2) is 5.96 Å². The van der Waals surface area contributed by atoms with E-state index in [-0.39, 0.29) is 0 Å². The van der Waals surface area contributed by atoms with Crippen LogP contribution in [0.4, 0.5) is 5.69 Å². The Hall–Kier alpha value is -3.01. The molecule has 0 radical (unpaired) electrons. The Labute approximate surface area is 142 Å². The van der Waals surface area contributed by atoms with E-state index in [1.165, 1.54) is 16.3 Å². The summed E-state index contributed by atoms with van der Waals surface area (Å²) in [5.74, 6) is 1.23. The maximum Gasteiger partial charge on any atom is 0.193 e. The number of anilines is 1. The molecule has 0 amide bonds. The van der Waals surface area contributed by atoms with Crippen LogP contribution in [0.2, 0.25) is 0 Å². The van der Waals surface area contributed by atoms with Gasteiger partial charge in [0.2, 0.25) is 0 Å². The molecule has 24 heavy (non-hydrogen) atoms. The standard InChI is InChI=1S/C20H21N3O/c1-24-18-11-9-17(10-12-18)23-20(21)22-14-13-16-7-4-6-15-5-2-3-8-19(15)16/h2-12H,13-14H2,1H3,(H3,21,22,23). The summed E-state index contributed by atoms with van der Waals surface area (Å²) in [6.07, 6.45) is 0.854. The van der Waals surface area contributed by atoms with Crippen molar-refractivity contribution in [3.05, 3.63) is 72.3 Å². The third-order valence-electron chi connectivity index (χ3n) is 3.91. The summed E-state index contributed by atoms with van der Waals surface area (Å²) in [7, 11) is 1.64. The third kappa shape index (κ3) is 3.84. The molecule has 4 heteroatoms. The average Bonchev–Trinajstić information content (AvgIpc) is 2.62. The molecule has 0 aliphatic carbocycles. The second kappa shape index (κ2) is 7.51. The van der Waals surface area contributed by atoms with Crippen LogP contribution in [-0.4, -0.2) is 19.6 Å². The minimum atomic E-state index is 0.417. The lowest BCUT2D eigenvalue weighted by molar-refractivity contribution is 0.415. The summed E-state index contributed by atoms with van der Waals surface area (Å²) in [4.78, 5) is 4.42. The van der Waals surface area contributed by atoms with Crippen molar-refractivity contribution in [3.8, 4) is 5.75 Å². The Morgan fingerprint density at radius 3 is 2.54 bits per heavy atom. The Balaban J connectivity index is 1.62. The summed E-state index contributed by atoms with van der Waals surface area (Å²) in [5, 5.41) is 5.62. The van der Waals surface area contributed by atoms with Crippen LogP contribution in [0, 0.1) is 0 Å². The number of guanidine groups is 1. The topological polar surface area (TPSA) is 59.6 Å². The molecule has 0 atom stereocenters. The zero-order chi connectivity index (χ0) is 16.8. The molecular weight excluding hydrogens is 298 g/mol. The van der Waals surface area contributed by atoms with Crippen molar-refractivity contribution in [2.75, 3.05) is 19.0 Å². The molecule has 0 unspecified atom stereocenters. The number of aliphatic imine (C=N–C) groups is 1. The maximum atomic E-state index is 5.96. The molecule has 0 heterocycles. The van der Waals surface area contributed by atoms with Gasteiger partial charge < -0.3 is 15.8 Å². The van der Waals surface area contributed by atoms with E-state index in [9.17, 15) is 0 Å². The molecule has 0 aromatic heterocycles. The largest absolute Gasteiger partial charge is 0.497 e. The molecular formula is C20H21N3O. The number of fused-ring (bicyclic) bond motifs is 1. The van der Waals surface area contributed by atoms with Gasteiger partial charge in [0, 0.05) is 12.2 Å². The number of rotatable bonds is 5. The van der Waals surface area contributed by atoms with Crippen LogP contribution in [0.1, 0.15) is 5.56 Å². The first kappa shape index (κ1) is 15.9. The first-order chi connectivity index (χ1) is 11.8. The second-order valence-electron chi connectivity index (χ2n) is 5.51. The van der Waals surface area contributed by atoms with Crippen LogP contribution in [0.3, 0.4) is 0 Å². The Morgan fingerprint density at radius 2 is 1.75 bits per heavy atom. The molecule has 0 aliphatic heterocycles. The molecule has 4 nitrogen and oxygen atoms in total. The van der Waals surface area contributed by atoms with E-state index in [0.717, 1.165) is 17.9 Å². The first-order valence-corrected chi connectivity index (χ1v) is 7.94. The van der Waals surface area contributed by atoms with Gasteiger partial charge in [-0.3, -0.25) is 4.99 Å². The number of benzene rings is 3. The van der Waals surface area contributed by atoms with Gasteiger partial charge in [0.25, 0.3) is 0 Å². The Morgan fingerprint density at radius 1 is 1.00 bits per heavy atom. The molecule has 3 aromatic carbocycles. The van der Waals surface area contributed by atoms with Gasteiger partial charge in [0.1, 0.15) is 5.75 Å². The van der Waals surface area contributed by atoms with Gasteiger partial charge in [-0.25, -0.2) is 0 Å². The van der Waals surface area contributed by atoms with Gasteiger partial charge in [-0.2, -0.15) is 0 Å². The van der Waals surface area contributed by atoms with Crippen molar-refractivity contribution in [3.63, 3.8) is 0 Å². The normalized spacial score (nSPS) is 11.5. The molecule has 3 aromatic rings. The highest BCUT2D eigenvalue weighted by atomic mass is 16.5. The predicted molar refractivity (Wildman–Crippen MR) is 101 cm³/mol. The average molecular weight is 319 g/mol. The van der Waals surface area contributed by atoms with E-state index in [4.69, 9.17) is 10.5 Å². The van der Waals surface area contributed by atoms with Crippen LogP contribution in [0.5, 0.6) is 5.75 Å². The molecule has 3 rings (SSSR count). The van der Waals surface area contributed by atoms with E-state index < -0.39 is 0 Å². The highest BCUT2D eigenvalue weighted by Crippen LogP contribution is 2.19. The summed E-state index contributed by atoms with van der Waals surface area (Å²) < 4.78 is 5.13. The van der Waals surface area contributed by atoms with Crippen molar-refractivity contribution in [2.24, 2.45) is 10.7 Å². The highest BCUT2D eigenvalue weighted by molar-refractivity contribution is 5.92. The van der Waals surface area contributed by atoms with Gasteiger partial charge >= 0.3 is 0 Å². The minimum Gasteiger partial charge on any atom is -0.497 e. The number of nitrogens with two attached hydrogens (primary N) is 1. The first-order valence-electron chi connectivity index (χ1n) is 7.94. The quantitative estimate of drug-likeness (QED) is 0.555. The van der Waals surface area contributed by atoms with Crippen LogP contribution in [-0.2, 0) is 6.42 Å². The zero-order valence-electron chi connectivity index (χ0n) is 13.7. The monoisotopic (exact) mass is 319 g/mol. The predicted octanol–water partition coefficient (Wildman–Crippen LogP) is 3.82. The third-order valence-corrected chi connectivity index (χ3v) is 3.91. The fourth-order valence-electron chi connectivity index (χ4n) is 2.67. The minimum absolute atomic E-state index is 0.417. The number of nitrogens with zero attached hydrogens (tertiary/aromatic N) is 1. The van der Waals surface area contributed by atoms with Crippen LogP contribution in [0.25, 0.3) is 10.8 Å². The van der Waals surface area contributed by atoms with Gasteiger partial charge in [-0.15, -0.1) is 0 Å². The van der Waals surface area contributed by atoms with Gasteiger partial charge in [-0.05, 0) is 47.0 Å². The molecule has 0 spiro atoms. The molecule has 122 valence electrons. The van der Waals surface area contributed by atoms with E-state index in [2.05, 4.69) is 52.8 Å². The van der Waals surface area contributed by atoms with Crippen LogP contribution in [0.15, 0.2) is 71.7 Å². The molecule has 0 bridgehead atoms. The van der Waals surface area contributed by atoms with Crippen molar-refractivity contribution in [2.45, 2.75) is 6.42 Å². The lowest BCUT2D eigenvalue weighted by atomic mass is 10.0. The number of hydrogen-bond donors (Lipinski definition) is 2. The molecule has 0 saturated heterocycles. The fourth-order valence-corrected chi connectivity index (χ4v) is 2.67. The zero-order valence-corrected chi connectivity index (χ0v) is 13.7. The fraction of sp³-hybridized carbons (Fsp3) is 0.150. The number of hydrogen-bond acceptors (Lipinski definition) is 2. The van der Waals surface area contributed by atoms with Crippen molar-refractivity contribution in [1.82, 2.24) is 0 Å². The SMILES string of the molecule is COc1ccc(NC(N)=NCCc2cccc3ccccc23)cc1. The van der Waals surface area contributed by atoms with Crippen LogP contribution >= 0.6 is 0 Å². The van der Waals surface area contributed by atoms with Crippen molar-refractivity contribution >= 4 is 22.4 Å². The van der Waals surface area contributed by atoms with E-state index >= 15 is 0 Å². The van der Waals surface area contributed by atoms with Gasteiger partial charge in [0.05, 0.1) is 7.11 Å². The number of methoxy groups -OCH3 is 1. The molecule has 0 saturated carbocycles. The second-order valence-corrected chi connectivity index (χ2v) is 5.51. The summed E-state index contributed by atoms with van der Waals surface area (Å²) in [5.41, 5.74) is 8.14. The van der Waals surface area contributed by atoms with Crippen molar-refractivity contribution in [1.29, 1.82) is 0 Å². The summed E-state index contributed by atoms with van der Waals surface area (Å²) >= 11 is 0. The smallest absolute Gasteiger partial charge is 0.193 e. The highest BCUT2D eigenvalue weighted by Gasteiger charge is 2.00. The van der Waals surface area contributed by atoms with Crippen molar-refractivity contribution < 1.29 is 4.74 Å². The Kier molecular flexibility index (Phi) is 4.96. The Bertz CT molecular complexity index is 836. The lowest BCUT2D eigenvalue weighted by Gasteiger charge is -2.08. The van der Waals surface area contributed by atoms with E-state index in [1.54, 1.807) is 7.11 Å². The summed E-state index contributed by atoms with van der Waals surface area (Å²) in [6, 6.07) is 22.3. The number of ether oxygens (including phenoxy) is 1. The summed E-state index contributed by atoms with van der Waals surface area (Å²) in [6.45, 7) is 0.642. The van der Waals surface area contributed by atoms with Gasteiger partial charge in [-0.1, -0.05) is 42.5 Å². The van der Waals surface area contributed by atoms with E-state index in [0.29, 0.717) is 12.5 Å². The van der Waals surface area contributed by atoms with Crippen LogP contribution < -0.4 is 15.8 Å². The molecule has 0 fully saturated rings. The number of nitrogens with one attached hydrogen (secondary N) is 1.